The Bertz CT molecular complexity index is 934. The third kappa shape index (κ3) is 4.18. The largest absolute Gasteiger partial charge is 0.444 e. The van der Waals surface area contributed by atoms with Crippen LogP contribution in [-0.4, -0.2) is 42.1 Å². The minimum atomic E-state index is -1.08. The molecule has 6 nitrogen and oxygen atoms in total. The number of carbonyl (C=O) groups is 2. The number of aromatic nitrogens is 1. The number of likely N-dealkylation sites (N-methyl/N-ethyl adjacent to an activating group) is 1. The molecule has 1 unspecified atom stereocenters. The van der Waals surface area contributed by atoms with E-state index in [1.807, 2.05) is 12.3 Å². The molecule has 1 atom stereocenters. The molecule has 1 heterocycles. The van der Waals surface area contributed by atoms with Crippen LogP contribution >= 0.6 is 11.8 Å². The van der Waals surface area contributed by atoms with Gasteiger partial charge >= 0.3 is 5.97 Å². The molecule has 1 aromatic heterocycles. The molecule has 2 aromatic rings. The zero-order chi connectivity index (χ0) is 20.3. The fraction of sp³-hybridized carbons (Fsp3) is 0.333. The summed E-state index contributed by atoms with van der Waals surface area (Å²) in [6, 6.07) is 12.6. The van der Waals surface area contributed by atoms with Crippen LogP contribution in [-0.2, 0) is 9.53 Å². The fourth-order valence-electron chi connectivity index (χ4n) is 2.84. The van der Waals surface area contributed by atoms with Gasteiger partial charge in [0.2, 0.25) is 6.10 Å². The number of hydrogen-bond donors (Lipinski definition) is 0. The van der Waals surface area contributed by atoms with Gasteiger partial charge in [0.05, 0.1) is 11.1 Å². The number of nitrogens with zero attached hydrogens (tertiary/aromatic N) is 3. The van der Waals surface area contributed by atoms with Crippen LogP contribution < -0.4 is 0 Å². The zero-order valence-corrected chi connectivity index (χ0v) is 16.8. The van der Waals surface area contributed by atoms with Gasteiger partial charge < -0.3 is 9.64 Å². The van der Waals surface area contributed by atoms with Crippen LogP contribution in [0, 0.1) is 11.3 Å². The van der Waals surface area contributed by atoms with E-state index in [1.165, 1.54) is 16.7 Å². The van der Waals surface area contributed by atoms with Crippen molar-refractivity contribution in [2.24, 2.45) is 0 Å². The van der Waals surface area contributed by atoms with Crippen LogP contribution in [0.15, 0.2) is 41.4 Å². The van der Waals surface area contributed by atoms with E-state index in [2.05, 4.69) is 11.1 Å². The average molecular weight is 395 g/mol. The molecule has 144 valence electrons. The highest BCUT2D eigenvalue weighted by molar-refractivity contribution is 7.98. The molecule has 1 fully saturated rings. The summed E-state index contributed by atoms with van der Waals surface area (Å²) in [5.74, 6) is -0.724. The van der Waals surface area contributed by atoms with Gasteiger partial charge in [0.15, 0.2) is 0 Å². The summed E-state index contributed by atoms with van der Waals surface area (Å²) in [4.78, 5) is 31.6. The van der Waals surface area contributed by atoms with E-state index in [9.17, 15) is 14.9 Å². The molecule has 1 amide bonds. The van der Waals surface area contributed by atoms with Crippen molar-refractivity contribution in [2.75, 3.05) is 20.4 Å². The number of benzene rings is 1. The number of pyridine rings is 1. The molecule has 1 aliphatic carbocycles. The molecule has 0 saturated heterocycles. The van der Waals surface area contributed by atoms with Crippen molar-refractivity contribution in [2.45, 2.75) is 29.9 Å². The van der Waals surface area contributed by atoms with Crippen molar-refractivity contribution in [1.82, 2.24) is 9.88 Å². The van der Waals surface area contributed by atoms with Crippen LogP contribution in [0.1, 0.15) is 52.0 Å². The van der Waals surface area contributed by atoms with Gasteiger partial charge in [-0.05, 0) is 25.2 Å². The highest BCUT2D eigenvalue weighted by Crippen LogP contribution is 2.41. The third-order valence-corrected chi connectivity index (χ3v) is 5.20. The lowest BCUT2D eigenvalue weighted by Gasteiger charge is -2.21. The lowest BCUT2D eigenvalue weighted by molar-refractivity contribution is -0.138. The van der Waals surface area contributed by atoms with Crippen LogP contribution in [0.2, 0.25) is 0 Å². The third-order valence-electron chi connectivity index (χ3n) is 4.52. The van der Waals surface area contributed by atoms with E-state index >= 15 is 0 Å². The maximum atomic E-state index is 13.0. The smallest absolute Gasteiger partial charge is 0.340 e. The molecule has 0 N–H and O–H groups in total. The number of thioether (sulfide) groups is 1. The van der Waals surface area contributed by atoms with Gasteiger partial charge in [-0.2, -0.15) is 5.26 Å². The molecule has 7 heteroatoms. The van der Waals surface area contributed by atoms with Crippen molar-refractivity contribution in [3.05, 3.63) is 58.8 Å². The Morgan fingerprint density at radius 1 is 1.29 bits per heavy atom. The summed E-state index contributed by atoms with van der Waals surface area (Å²) in [5.41, 5.74) is 1.72. The molecule has 0 radical (unpaired) electrons. The summed E-state index contributed by atoms with van der Waals surface area (Å²) < 4.78 is 5.62. The van der Waals surface area contributed by atoms with Crippen molar-refractivity contribution < 1.29 is 14.3 Å². The molecule has 3 rings (SSSR count). The van der Waals surface area contributed by atoms with Crippen LogP contribution in [0.4, 0.5) is 0 Å². The molecule has 0 aliphatic heterocycles. The summed E-state index contributed by atoms with van der Waals surface area (Å²) in [6.07, 6.45) is 2.78. The summed E-state index contributed by atoms with van der Waals surface area (Å²) in [5, 5.41) is 10.1. The maximum Gasteiger partial charge on any atom is 0.340 e. The first-order valence-corrected chi connectivity index (χ1v) is 10.1. The summed E-state index contributed by atoms with van der Waals surface area (Å²) >= 11 is 1.32. The van der Waals surface area contributed by atoms with Crippen molar-refractivity contribution in [1.29, 1.82) is 5.26 Å². The number of ether oxygens (including phenoxy) is 1. The Morgan fingerprint density at radius 3 is 2.50 bits per heavy atom. The van der Waals surface area contributed by atoms with Gasteiger partial charge in [0.25, 0.3) is 5.91 Å². The molecule has 1 aliphatic rings. The lowest BCUT2D eigenvalue weighted by atomic mass is 10.1. The normalized spacial score (nSPS) is 14.1. The Balaban J connectivity index is 1.99. The minimum Gasteiger partial charge on any atom is -0.444 e. The fourth-order valence-corrected chi connectivity index (χ4v) is 3.40. The van der Waals surface area contributed by atoms with E-state index in [0.717, 1.165) is 18.5 Å². The maximum absolute atomic E-state index is 13.0. The number of hydrogen-bond acceptors (Lipinski definition) is 6. The first kappa shape index (κ1) is 19.9. The lowest BCUT2D eigenvalue weighted by Crippen LogP contribution is -2.31. The predicted octanol–water partition coefficient (Wildman–Crippen LogP) is 3.54. The van der Waals surface area contributed by atoms with Crippen LogP contribution in [0.25, 0.3) is 0 Å². The number of esters is 1. The van der Waals surface area contributed by atoms with Crippen molar-refractivity contribution in [3.63, 3.8) is 0 Å². The summed E-state index contributed by atoms with van der Waals surface area (Å²) in [6.45, 7) is 0. The Hall–Kier alpha value is -2.85. The second-order valence-electron chi connectivity index (χ2n) is 6.79. The van der Waals surface area contributed by atoms with Crippen LogP contribution in [0.3, 0.4) is 0 Å². The number of carbonyl (C=O) groups excluding carboxylic acids is 2. The van der Waals surface area contributed by atoms with Gasteiger partial charge in [0.1, 0.15) is 11.1 Å². The number of nitriles is 1. The van der Waals surface area contributed by atoms with E-state index in [0.29, 0.717) is 16.5 Å². The topological polar surface area (TPSA) is 83.3 Å². The quantitative estimate of drug-likeness (QED) is 0.549. The van der Waals surface area contributed by atoms with E-state index in [4.69, 9.17) is 4.74 Å². The van der Waals surface area contributed by atoms with E-state index in [1.54, 1.807) is 44.4 Å². The number of rotatable bonds is 6. The Morgan fingerprint density at radius 2 is 1.96 bits per heavy atom. The van der Waals surface area contributed by atoms with Gasteiger partial charge in [0, 0.05) is 31.3 Å². The summed E-state index contributed by atoms with van der Waals surface area (Å²) in [7, 11) is 3.21. The zero-order valence-electron chi connectivity index (χ0n) is 16.0. The Labute approximate surface area is 168 Å². The first-order chi connectivity index (χ1) is 13.5. The second kappa shape index (κ2) is 8.44. The molecule has 0 bridgehead atoms. The molecular formula is C21H21N3O3S. The molecule has 1 saturated carbocycles. The Kier molecular flexibility index (Phi) is 6.00. The monoisotopic (exact) mass is 395 g/mol. The number of amides is 1. The minimum absolute atomic E-state index is 0.163. The second-order valence-corrected chi connectivity index (χ2v) is 7.59. The van der Waals surface area contributed by atoms with Gasteiger partial charge in [-0.15, -0.1) is 11.8 Å². The van der Waals surface area contributed by atoms with Gasteiger partial charge in [-0.1, -0.05) is 30.3 Å². The van der Waals surface area contributed by atoms with Crippen molar-refractivity contribution >= 4 is 23.6 Å². The van der Waals surface area contributed by atoms with Crippen LogP contribution in [0.5, 0.6) is 0 Å². The predicted molar refractivity (Wildman–Crippen MR) is 106 cm³/mol. The molecule has 0 spiro atoms. The molecule has 28 heavy (non-hydrogen) atoms. The SMILES string of the molecule is CSc1nc(C2CC2)cc(C(=O)OC(C(=O)N(C)C)c2ccccc2)c1C#N. The first-order valence-electron chi connectivity index (χ1n) is 8.92. The highest BCUT2D eigenvalue weighted by Gasteiger charge is 2.31. The van der Waals surface area contributed by atoms with E-state index in [-0.39, 0.29) is 17.0 Å². The van der Waals surface area contributed by atoms with Crippen molar-refractivity contribution in [3.8, 4) is 6.07 Å². The van der Waals surface area contributed by atoms with Gasteiger partial charge in [-0.25, -0.2) is 9.78 Å². The average Bonchev–Trinajstić information content (AvgIpc) is 3.56. The molecular weight excluding hydrogens is 374 g/mol. The van der Waals surface area contributed by atoms with E-state index < -0.39 is 12.1 Å². The standard InChI is InChI=1S/C21H21N3O3S/c1-24(2)20(25)18(14-7-5-4-6-8-14)27-21(26)15-11-17(13-9-10-13)23-19(28-3)16(15)12-22/h4-8,11,13,18H,9-10H2,1-3H3. The van der Waals surface area contributed by atoms with Gasteiger partial charge in [-0.3, -0.25) is 4.79 Å². The highest BCUT2D eigenvalue weighted by atomic mass is 32.2. The molecule has 1 aromatic carbocycles.